The predicted octanol–water partition coefficient (Wildman–Crippen LogP) is 3.52. The molecule has 3 N–H and O–H groups in total. The number of nitrogens with two attached hydrogens (primary N) is 1. The molecule has 0 spiro atoms. The SMILES string of the molecule is CCCCC(N)C(=O)Nc1c(C)cc(Br)cc1C. The van der Waals surface area contributed by atoms with Crippen molar-refractivity contribution in [1.29, 1.82) is 0 Å². The van der Waals surface area contributed by atoms with Gasteiger partial charge in [0.25, 0.3) is 0 Å². The number of nitrogens with one attached hydrogen (secondary N) is 1. The quantitative estimate of drug-likeness (QED) is 0.874. The van der Waals surface area contributed by atoms with Gasteiger partial charge >= 0.3 is 0 Å². The van der Waals surface area contributed by atoms with E-state index in [1.165, 1.54) is 0 Å². The molecular weight excluding hydrogens is 292 g/mol. The van der Waals surface area contributed by atoms with Gasteiger partial charge in [-0.05, 0) is 43.5 Å². The highest BCUT2D eigenvalue weighted by Gasteiger charge is 2.15. The van der Waals surface area contributed by atoms with E-state index in [1.54, 1.807) is 0 Å². The summed E-state index contributed by atoms with van der Waals surface area (Å²) < 4.78 is 1.02. The average molecular weight is 313 g/mol. The zero-order chi connectivity index (χ0) is 13.7. The van der Waals surface area contributed by atoms with Crippen LogP contribution in [0.25, 0.3) is 0 Å². The van der Waals surface area contributed by atoms with Gasteiger partial charge in [0, 0.05) is 10.2 Å². The molecule has 1 aromatic carbocycles. The van der Waals surface area contributed by atoms with Crippen molar-refractivity contribution in [2.75, 3.05) is 5.32 Å². The fourth-order valence-corrected chi connectivity index (χ4v) is 2.57. The van der Waals surface area contributed by atoms with Gasteiger partial charge in [0.2, 0.25) is 5.91 Å². The third kappa shape index (κ3) is 4.10. The molecule has 3 nitrogen and oxygen atoms in total. The van der Waals surface area contributed by atoms with E-state index in [-0.39, 0.29) is 5.91 Å². The van der Waals surface area contributed by atoms with Crippen LogP contribution in [0.2, 0.25) is 0 Å². The molecule has 0 aromatic heterocycles. The zero-order valence-electron chi connectivity index (χ0n) is 11.2. The monoisotopic (exact) mass is 312 g/mol. The first-order valence-corrected chi connectivity index (χ1v) is 7.08. The second kappa shape index (κ2) is 6.90. The Morgan fingerprint density at radius 1 is 1.39 bits per heavy atom. The van der Waals surface area contributed by atoms with Crippen LogP contribution in [0.4, 0.5) is 5.69 Å². The molecule has 0 aliphatic carbocycles. The maximum Gasteiger partial charge on any atom is 0.241 e. The highest BCUT2D eigenvalue weighted by Crippen LogP contribution is 2.25. The molecule has 0 bridgehead atoms. The van der Waals surface area contributed by atoms with Crippen LogP contribution in [0.3, 0.4) is 0 Å². The molecule has 0 saturated heterocycles. The van der Waals surface area contributed by atoms with E-state index in [0.29, 0.717) is 0 Å². The van der Waals surface area contributed by atoms with Crippen molar-refractivity contribution < 1.29 is 4.79 Å². The first kappa shape index (κ1) is 15.2. The summed E-state index contributed by atoms with van der Waals surface area (Å²) in [6, 6.07) is 3.55. The molecular formula is C14H21BrN2O. The smallest absolute Gasteiger partial charge is 0.241 e. The van der Waals surface area contributed by atoms with Crippen molar-refractivity contribution >= 4 is 27.5 Å². The van der Waals surface area contributed by atoms with Crippen molar-refractivity contribution in [2.45, 2.75) is 46.1 Å². The number of carbonyl (C=O) groups excluding carboxylic acids is 1. The lowest BCUT2D eigenvalue weighted by atomic mass is 10.1. The van der Waals surface area contributed by atoms with E-state index >= 15 is 0 Å². The third-order valence-corrected chi connectivity index (χ3v) is 3.41. The topological polar surface area (TPSA) is 55.1 Å². The third-order valence-electron chi connectivity index (χ3n) is 2.95. The summed E-state index contributed by atoms with van der Waals surface area (Å²) in [7, 11) is 0. The Bertz CT molecular complexity index is 409. The number of rotatable bonds is 5. The van der Waals surface area contributed by atoms with Crippen molar-refractivity contribution in [1.82, 2.24) is 0 Å². The number of aryl methyl sites for hydroxylation is 2. The molecule has 18 heavy (non-hydrogen) atoms. The maximum absolute atomic E-state index is 12.0. The van der Waals surface area contributed by atoms with E-state index in [9.17, 15) is 4.79 Å². The van der Waals surface area contributed by atoms with Crippen LogP contribution in [0.5, 0.6) is 0 Å². The van der Waals surface area contributed by atoms with Crippen LogP contribution in [-0.4, -0.2) is 11.9 Å². The fourth-order valence-electron chi connectivity index (χ4n) is 1.88. The summed E-state index contributed by atoms with van der Waals surface area (Å²) in [5.74, 6) is -0.100. The highest BCUT2D eigenvalue weighted by atomic mass is 79.9. The molecule has 1 aromatic rings. The summed E-state index contributed by atoms with van der Waals surface area (Å²) in [6.45, 7) is 6.05. The largest absolute Gasteiger partial charge is 0.324 e. The normalized spacial score (nSPS) is 12.3. The van der Waals surface area contributed by atoms with Crippen molar-refractivity contribution in [3.05, 3.63) is 27.7 Å². The standard InChI is InChI=1S/C14H21BrN2O/c1-4-5-6-12(16)14(18)17-13-9(2)7-11(15)8-10(13)3/h7-8,12H,4-6,16H2,1-3H3,(H,17,18). The first-order chi connectivity index (χ1) is 8.45. The summed E-state index contributed by atoms with van der Waals surface area (Å²) in [5.41, 5.74) is 8.81. The van der Waals surface area contributed by atoms with E-state index in [4.69, 9.17) is 5.73 Å². The number of carbonyl (C=O) groups is 1. The van der Waals surface area contributed by atoms with Gasteiger partial charge in [0.05, 0.1) is 6.04 Å². The van der Waals surface area contributed by atoms with Gasteiger partial charge in [0.1, 0.15) is 0 Å². The lowest BCUT2D eigenvalue weighted by Gasteiger charge is -2.15. The maximum atomic E-state index is 12.0. The Hall–Kier alpha value is -0.870. The molecule has 100 valence electrons. The second-order valence-electron chi connectivity index (χ2n) is 4.65. The Morgan fingerprint density at radius 3 is 2.44 bits per heavy atom. The van der Waals surface area contributed by atoms with Crippen molar-refractivity contribution in [3.63, 3.8) is 0 Å². The predicted molar refractivity (Wildman–Crippen MR) is 79.7 cm³/mol. The molecule has 0 fully saturated rings. The molecule has 0 aliphatic heterocycles. The summed E-state index contributed by atoms with van der Waals surface area (Å²) in [5, 5.41) is 2.93. The Kier molecular flexibility index (Phi) is 5.82. The van der Waals surface area contributed by atoms with Crippen LogP contribution in [0.15, 0.2) is 16.6 Å². The number of hydrogen-bond donors (Lipinski definition) is 2. The van der Waals surface area contributed by atoms with E-state index in [0.717, 1.165) is 40.5 Å². The average Bonchev–Trinajstić information content (AvgIpc) is 2.30. The summed E-state index contributed by atoms with van der Waals surface area (Å²) >= 11 is 3.44. The molecule has 1 atom stereocenters. The highest BCUT2D eigenvalue weighted by molar-refractivity contribution is 9.10. The van der Waals surface area contributed by atoms with Gasteiger partial charge in [-0.25, -0.2) is 0 Å². The second-order valence-corrected chi connectivity index (χ2v) is 5.57. The van der Waals surface area contributed by atoms with Crippen LogP contribution >= 0.6 is 15.9 Å². The van der Waals surface area contributed by atoms with Gasteiger partial charge in [-0.1, -0.05) is 35.7 Å². The van der Waals surface area contributed by atoms with Crippen LogP contribution in [-0.2, 0) is 4.79 Å². The Morgan fingerprint density at radius 2 is 1.94 bits per heavy atom. The van der Waals surface area contributed by atoms with Crippen LogP contribution in [0.1, 0.15) is 37.3 Å². The van der Waals surface area contributed by atoms with E-state index < -0.39 is 6.04 Å². The number of amides is 1. The molecule has 4 heteroatoms. The van der Waals surface area contributed by atoms with Gasteiger partial charge in [-0.15, -0.1) is 0 Å². The number of benzene rings is 1. The molecule has 1 unspecified atom stereocenters. The molecule has 0 radical (unpaired) electrons. The number of anilines is 1. The van der Waals surface area contributed by atoms with Gasteiger partial charge in [-0.2, -0.15) is 0 Å². The lowest BCUT2D eigenvalue weighted by Crippen LogP contribution is -2.35. The number of unbranched alkanes of at least 4 members (excludes halogenated alkanes) is 1. The lowest BCUT2D eigenvalue weighted by molar-refractivity contribution is -0.117. The minimum atomic E-state index is -0.424. The molecule has 0 aliphatic rings. The first-order valence-electron chi connectivity index (χ1n) is 6.29. The Labute approximate surface area is 117 Å². The molecule has 0 heterocycles. The fraction of sp³-hybridized carbons (Fsp3) is 0.500. The van der Waals surface area contributed by atoms with Gasteiger partial charge in [0.15, 0.2) is 0 Å². The number of hydrogen-bond acceptors (Lipinski definition) is 2. The van der Waals surface area contributed by atoms with E-state index in [2.05, 4.69) is 28.2 Å². The summed E-state index contributed by atoms with van der Waals surface area (Å²) in [4.78, 5) is 12.0. The van der Waals surface area contributed by atoms with Gasteiger partial charge in [-0.3, -0.25) is 4.79 Å². The Balaban J connectivity index is 2.76. The molecule has 1 rings (SSSR count). The van der Waals surface area contributed by atoms with Crippen LogP contribution < -0.4 is 11.1 Å². The minimum Gasteiger partial charge on any atom is -0.324 e. The number of halogens is 1. The molecule has 0 saturated carbocycles. The molecule has 1 amide bonds. The minimum absolute atomic E-state index is 0.100. The van der Waals surface area contributed by atoms with Crippen molar-refractivity contribution in [3.8, 4) is 0 Å². The van der Waals surface area contributed by atoms with Gasteiger partial charge < -0.3 is 11.1 Å². The van der Waals surface area contributed by atoms with E-state index in [1.807, 2.05) is 26.0 Å². The van der Waals surface area contributed by atoms with Crippen LogP contribution in [0, 0.1) is 13.8 Å². The zero-order valence-corrected chi connectivity index (χ0v) is 12.8. The van der Waals surface area contributed by atoms with Crippen molar-refractivity contribution in [2.24, 2.45) is 5.73 Å². The summed E-state index contributed by atoms with van der Waals surface area (Å²) in [6.07, 6.45) is 2.77.